The number of nitrogens with one attached hydrogen (secondary N) is 1. The van der Waals surface area contributed by atoms with E-state index in [0.717, 1.165) is 25.7 Å². The lowest BCUT2D eigenvalue weighted by Gasteiger charge is -2.39. The van der Waals surface area contributed by atoms with Gasteiger partial charge in [0.25, 0.3) is 5.91 Å². The van der Waals surface area contributed by atoms with Crippen LogP contribution < -0.4 is 10.1 Å². The Hall–Kier alpha value is -1.55. The fourth-order valence-electron chi connectivity index (χ4n) is 3.03. The number of benzene rings is 1. The van der Waals surface area contributed by atoms with Gasteiger partial charge in [-0.2, -0.15) is 0 Å². The van der Waals surface area contributed by atoms with E-state index in [1.807, 2.05) is 0 Å². The van der Waals surface area contributed by atoms with E-state index in [9.17, 15) is 9.90 Å². The monoisotopic (exact) mass is 277 g/mol. The fraction of sp³-hybridized carbons (Fsp3) is 0.562. The van der Waals surface area contributed by atoms with Crippen LogP contribution >= 0.6 is 0 Å². The standard InChI is InChI=1S/C16H23NO3/c1-12-5-4-8-16(10-12,11-18)17-15(19)13-6-3-7-14(9-13)20-2/h3,6-7,9,12,18H,4-5,8,10-11H2,1-2H3,(H,17,19). The summed E-state index contributed by atoms with van der Waals surface area (Å²) in [6.07, 6.45) is 3.87. The third-order valence-electron chi connectivity index (χ3n) is 4.10. The van der Waals surface area contributed by atoms with Gasteiger partial charge in [0, 0.05) is 5.56 Å². The van der Waals surface area contributed by atoms with E-state index >= 15 is 0 Å². The van der Waals surface area contributed by atoms with Crippen molar-refractivity contribution in [2.24, 2.45) is 5.92 Å². The van der Waals surface area contributed by atoms with Gasteiger partial charge in [0.2, 0.25) is 0 Å². The molecule has 0 heterocycles. The van der Waals surface area contributed by atoms with Gasteiger partial charge in [0.15, 0.2) is 0 Å². The van der Waals surface area contributed by atoms with Gasteiger partial charge in [-0.1, -0.05) is 25.8 Å². The van der Waals surface area contributed by atoms with E-state index in [-0.39, 0.29) is 12.5 Å². The summed E-state index contributed by atoms with van der Waals surface area (Å²) in [6, 6.07) is 7.08. The molecule has 20 heavy (non-hydrogen) atoms. The predicted molar refractivity (Wildman–Crippen MR) is 77.9 cm³/mol. The second-order valence-electron chi connectivity index (χ2n) is 5.83. The molecule has 0 radical (unpaired) electrons. The van der Waals surface area contributed by atoms with Crippen LogP contribution in [0.4, 0.5) is 0 Å². The van der Waals surface area contributed by atoms with E-state index in [1.54, 1.807) is 31.4 Å². The van der Waals surface area contributed by atoms with Crippen LogP contribution in [0.5, 0.6) is 5.75 Å². The highest BCUT2D eigenvalue weighted by Crippen LogP contribution is 2.32. The highest BCUT2D eigenvalue weighted by atomic mass is 16.5. The van der Waals surface area contributed by atoms with Crippen LogP contribution in [0.15, 0.2) is 24.3 Å². The molecule has 2 unspecified atom stereocenters. The number of rotatable bonds is 4. The van der Waals surface area contributed by atoms with Crippen LogP contribution in [0.3, 0.4) is 0 Å². The van der Waals surface area contributed by atoms with Crippen molar-refractivity contribution in [3.8, 4) is 5.75 Å². The number of hydrogen-bond donors (Lipinski definition) is 2. The molecule has 1 fully saturated rings. The summed E-state index contributed by atoms with van der Waals surface area (Å²) in [5.74, 6) is 1.04. The van der Waals surface area contributed by atoms with Gasteiger partial charge in [0.05, 0.1) is 19.3 Å². The Kier molecular flexibility index (Phi) is 4.65. The molecule has 0 aromatic heterocycles. The Labute approximate surface area is 120 Å². The minimum Gasteiger partial charge on any atom is -0.497 e. The molecular formula is C16H23NO3. The molecule has 0 bridgehead atoms. The summed E-state index contributed by atoms with van der Waals surface area (Å²) >= 11 is 0. The summed E-state index contributed by atoms with van der Waals surface area (Å²) in [5, 5.41) is 12.8. The molecule has 2 rings (SSSR count). The highest BCUT2D eigenvalue weighted by Gasteiger charge is 2.35. The minimum atomic E-state index is -0.474. The number of carbonyl (C=O) groups excluding carboxylic acids is 1. The molecule has 4 heteroatoms. The number of ether oxygens (including phenoxy) is 1. The van der Waals surface area contributed by atoms with Gasteiger partial charge in [-0.05, 0) is 37.0 Å². The zero-order chi connectivity index (χ0) is 14.6. The summed E-state index contributed by atoms with van der Waals surface area (Å²) in [6.45, 7) is 2.16. The number of amides is 1. The smallest absolute Gasteiger partial charge is 0.251 e. The van der Waals surface area contributed by atoms with Crippen LogP contribution in [-0.4, -0.2) is 30.3 Å². The third-order valence-corrected chi connectivity index (χ3v) is 4.10. The number of carbonyl (C=O) groups is 1. The van der Waals surface area contributed by atoms with Crippen molar-refractivity contribution in [1.82, 2.24) is 5.32 Å². The predicted octanol–water partition coefficient (Wildman–Crippen LogP) is 2.37. The average Bonchev–Trinajstić information content (AvgIpc) is 2.47. The topological polar surface area (TPSA) is 58.6 Å². The molecule has 1 aromatic carbocycles. The maximum absolute atomic E-state index is 12.4. The SMILES string of the molecule is COc1cccc(C(=O)NC2(CO)CCCC(C)C2)c1. The van der Waals surface area contributed by atoms with E-state index in [2.05, 4.69) is 12.2 Å². The Morgan fingerprint density at radius 1 is 1.55 bits per heavy atom. The van der Waals surface area contributed by atoms with Gasteiger partial charge in [0.1, 0.15) is 5.75 Å². The maximum atomic E-state index is 12.4. The first-order valence-electron chi connectivity index (χ1n) is 7.16. The number of hydrogen-bond acceptors (Lipinski definition) is 3. The molecule has 1 aliphatic carbocycles. The summed E-state index contributed by atoms with van der Waals surface area (Å²) in [5.41, 5.74) is 0.0908. The summed E-state index contributed by atoms with van der Waals surface area (Å²) < 4.78 is 5.13. The maximum Gasteiger partial charge on any atom is 0.251 e. The lowest BCUT2D eigenvalue weighted by Crippen LogP contribution is -2.53. The van der Waals surface area contributed by atoms with Crippen molar-refractivity contribution in [3.63, 3.8) is 0 Å². The first-order valence-corrected chi connectivity index (χ1v) is 7.16. The van der Waals surface area contributed by atoms with E-state index in [1.165, 1.54) is 0 Å². The molecule has 0 saturated heterocycles. The third kappa shape index (κ3) is 3.31. The molecule has 0 spiro atoms. The molecule has 2 atom stereocenters. The lowest BCUT2D eigenvalue weighted by atomic mass is 9.76. The Morgan fingerprint density at radius 2 is 2.35 bits per heavy atom. The minimum absolute atomic E-state index is 0.00690. The molecule has 1 saturated carbocycles. The van der Waals surface area contributed by atoms with Crippen molar-refractivity contribution in [2.45, 2.75) is 38.1 Å². The Morgan fingerprint density at radius 3 is 3.00 bits per heavy atom. The van der Waals surface area contributed by atoms with Gasteiger partial charge in [-0.15, -0.1) is 0 Å². The fourth-order valence-corrected chi connectivity index (χ4v) is 3.03. The molecule has 0 aliphatic heterocycles. The zero-order valence-corrected chi connectivity index (χ0v) is 12.2. The van der Waals surface area contributed by atoms with Crippen molar-refractivity contribution in [2.75, 3.05) is 13.7 Å². The van der Waals surface area contributed by atoms with Gasteiger partial charge in [-0.3, -0.25) is 4.79 Å². The Bertz CT molecular complexity index is 475. The number of aliphatic hydroxyl groups is 1. The first kappa shape index (κ1) is 14.9. The van der Waals surface area contributed by atoms with Crippen LogP contribution in [0.25, 0.3) is 0 Å². The van der Waals surface area contributed by atoms with E-state index in [0.29, 0.717) is 17.2 Å². The summed E-state index contributed by atoms with van der Waals surface area (Å²) in [4.78, 5) is 12.4. The average molecular weight is 277 g/mol. The molecule has 110 valence electrons. The van der Waals surface area contributed by atoms with E-state index in [4.69, 9.17) is 4.74 Å². The molecule has 1 aliphatic rings. The molecule has 1 amide bonds. The Balaban J connectivity index is 2.12. The first-order chi connectivity index (χ1) is 9.58. The zero-order valence-electron chi connectivity index (χ0n) is 12.2. The molecule has 1 aromatic rings. The number of methoxy groups -OCH3 is 1. The second-order valence-corrected chi connectivity index (χ2v) is 5.83. The van der Waals surface area contributed by atoms with Crippen LogP contribution in [0.2, 0.25) is 0 Å². The normalized spacial score (nSPS) is 26.1. The van der Waals surface area contributed by atoms with Crippen molar-refractivity contribution in [1.29, 1.82) is 0 Å². The lowest BCUT2D eigenvalue weighted by molar-refractivity contribution is 0.0697. The van der Waals surface area contributed by atoms with Crippen molar-refractivity contribution in [3.05, 3.63) is 29.8 Å². The summed E-state index contributed by atoms with van der Waals surface area (Å²) in [7, 11) is 1.58. The second kappa shape index (κ2) is 6.27. The molecule has 4 nitrogen and oxygen atoms in total. The highest BCUT2D eigenvalue weighted by molar-refractivity contribution is 5.95. The largest absolute Gasteiger partial charge is 0.497 e. The van der Waals surface area contributed by atoms with Gasteiger partial charge < -0.3 is 15.2 Å². The van der Waals surface area contributed by atoms with Crippen LogP contribution in [0.1, 0.15) is 43.0 Å². The quantitative estimate of drug-likeness (QED) is 0.888. The van der Waals surface area contributed by atoms with Gasteiger partial charge in [-0.25, -0.2) is 0 Å². The van der Waals surface area contributed by atoms with Crippen molar-refractivity contribution >= 4 is 5.91 Å². The molecule has 2 N–H and O–H groups in total. The van der Waals surface area contributed by atoms with Gasteiger partial charge >= 0.3 is 0 Å². The van der Waals surface area contributed by atoms with E-state index < -0.39 is 5.54 Å². The number of aliphatic hydroxyl groups excluding tert-OH is 1. The van der Waals surface area contributed by atoms with Crippen LogP contribution in [-0.2, 0) is 0 Å². The van der Waals surface area contributed by atoms with Crippen molar-refractivity contribution < 1.29 is 14.6 Å². The van der Waals surface area contributed by atoms with Crippen LogP contribution in [0, 0.1) is 5.92 Å². The molecular weight excluding hydrogens is 254 g/mol.